The van der Waals surface area contributed by atoms with E-state index in [0.29, 0.717) is 10.5 Å². The number of hydrogen-bond donors (Lipinski definition) is 1. The van der Waals surface area contributed by atoms with Crippen LogP contribution in [0.1, 0.15) is 27.6 Å². The first-order chi connectivity index (χ1) is 7.49. The first kappa shape index (κ1) is 13.1. The number of alkyl halides is 1. The second kappa shape index (κ2) is 5.37. The number of carbonyl (C=O) groups excluding carboxylic acids is 1. The van der Waals surface area contributed by atoms with Gasteiger partial charge >= 0.3 is 5.97 Å². The molecule has 5 heteroatoms. The number of ketones is 1. The van der Waals surface area contributed by atoms with Gasteiger partial charge in [0.05, 0.1) is 10.9 Å². The predicted molar refractivity (Wildman–Crippen MR) is 64.8 cm³/mol. The van der Waals surface area contributed by atoms with Crippen molar-refractivity contribution in [3.05, 3.63) is 29.3 Å². The second-order valence-corrected chi connectivity index (χ2v) is 4.64. The third kappa shape index (κ3) is 2.57. The number of carboxylic acid groups (broad SMARTS) is 1. The van der Waals surface area contributed by atoms with Crippen LogP contribution in [0.2, 0.25) is 0 Å². The summed E-state index contributed by atoms with van der Waals surface area (Å²) in [4.78, 5) is 23.2. The molecule has 0 bridgehead atoms. The van der Waals surface area contributed by atoms with Crippen molar-refractivity contribution >= 4 is 35.1 Å². The maximum atomic E-state index is 11.8. The largest absolute Gasteiger partial charge is 0.478 e. The third-order valence-electron chi connectivity index (χ3n) is 2.08. The van der Waals surface area contributed by atoms with Crippen LogP contribution in [0.25, 0.3) is 0 Å². The minimum atomic E-state index is -1.04. The number of carboxylic acids is 1. The molecule has 3 nitrogen and oxygen atoms in total. The molecular formula is C11H11ClO3S. The van der Waals surface area contributed by atoms with Crippen molar-refractivity contribution in [2.75, 3.05) is 6.26 Å². The molecule has 1 N–H and O–H groups in total. The lowest BCUT2D eigenvalue weighted by molar-refractivity contribution is 0.0693. The van der Waals surface area contributed by atoms with Crippen molar-refractivity contribution in [1.29, 1.82) is 0 Å². The van der Waals surface area contributed by atoms with Gasteiger partial charge in [0.2, 0.25) is 0 Å². The number of carbonyl (C=O) groups is 2. The highest BCUT2D eigenvalue weighted by atomic mass is 35.5. The van der Waals surface area contributed by atoms with Gasteiger partial charge in [-0.3, -0.25) is 4.79 Å². The molecule has 0 aliphatic heterocycles. The van der Waals surface area contributed by atoms with Crippen LogP contribution in [0, 0.1) is 0 Å². The summed E-state index contributed by atoms with van der Waals surface area (Å²) in [6.07, 6.45) is 1.73. The molecule has 16 heavy (non-hydrogen) atoms. The summed E-state index contributed by atoms with van der Waals surface area (Å²) >= 11 is 6.95. The van der Waals surface area contributed by atoms with Crippen LogP contribution in [0.15, 0.2) is 23.1 Å². The van der Waals surface area contributed by atoms with Crippen molar-refractivity contribution in [2.24, 2.45) is 0 Å². The molecule has 0 fully saturated rings. The average Bonchev–Trinajstić information content (AvgIpc) is 2.26. The molecule has 0 amide bonds. The summed E-state index contributed by atoms with van der Waals surface area (Å²) in [6, 6.07) is 4.62. The van der Waals surface area contributed by atoms with Gasteiger partial charge in [0.1, 0.15) is 0 Å². The molecule has 0 radical (unpaired) electrons. The van der Waals surface area contributed by atoms with Crippen LogP contribution in [-0.4, -0.2) is 28.5 Å². The summed E-state index contributed by atoms with van der Waals surface area (Å²) in [5.41, 5.74) is 0.505. The van der Waals surface area contributed by atoms with Crippen LogP contribution < -0.4 is 0 Å². The van der Waals surface area contributed by atoms with Gasteiger partial charge in [-0.05, 0) is 19.2 Å². The van der Waals surface area contributed by atoms with Gasteiger partial charge in [-0.15, -0.1) is 23.4 Å². The van der Waals surface area contributed by atoms with Crippen LogP contribution >= 0.6 is 23.4 Å². The van der Waals surface area contributed by atoms with Gasteiger partial charge in [0, 0.05) is 10.5 Å². The van der Waals surface area contributed by atoms with E-state index in [9.17, 15) is 9.59 Å². The molecule has 0 spiro atoms. The molecule has 1 atom stereocenters. The first-order valence-corrected chi connectivity index (χ1v) is 6.23. The lowest BCUT2D eigenvalue weighted by Crippen LogP contribution is -2.13. The Bertz CT molecular complexity index is 429. The Morgan fingerprint density at radius 1 is 1.38 bits per heavy atom. The van der Waals surface area contributed by atoms with E-state index in [1.807, 2.05) is 0 Å². The van der Waals surface area contributed by atoms with Crippen LogP contribution in [0.4, 0.5) is 0 Å². The zero-order chi connectivity index (χ0) is 12.3. The summed E-state index contributed by atoms with van der Waals surface area (Å²) in [5.74, 6) is -1.30. The van der Waals surface area contributed by atoms with Gasteiger partial charge in [-0.2, -0.15) is 0 Å². The Balaban J connectivity index is 3.35. The fourth-order valence-electron chi connectivity index (χ4n) is 1.33. The third-order valence-corrected chi connectivity index (χ3v) is 3.12. The minimum absolute atomic E-state index is 0.135. The highest BCUT2D eigenvalue weighted by molar-refractivity contribution is 7.98. The highest BCUT2D eigenvalue weighted by Gasteiger charge is 2.20. The minimum Gasteiger partial charge on any atom is -0.478 e. The lowest BCUT2D eigenvalue weighted by atomic mass is 10.1. The van der Waals surface area contributed by atoms with E-state index in [2.05, 4.69) is 0 Å². The number of rotatable bonds is 4. The average molecular weight is 259 g/mol. The highest BCUT2D eigenvalue weighted by Crippen LogP contribution is 2.27. The lowest BCUT2D eigenvalue weighted by Gasteiger charge is -2.10. The first-order valence-electron chi connectivity index (χ1n) is 4.57. The summed E-state index contributed by atoms with van der Waals surface area (Å²) in [5, 5.41) is 8.33. The van der Waals surface area contributed by atoms with Crippen molar-refractivity contribution in [2.45, 2.75) is 17.2 Å². The van der Waals surface area contributed by atoms with Gasteiger partial charge in [0.25, 0.3) is 0 Å². The van der Waals surface area contributed by atoms with E-state index in [4.69, 9.17) is 16.7 Å². The maximum absolute atomic E-state index is 11.8. The summed E-state index contributed by atoms with van der Waals surface area (Å²) < 4.78 is 0. The van der Waals surface area contributed by atoms with Crippen molar-refractivity contribution in [3.8, 4) is 0 Å². The van der Waals surface area contributed by atoms with Gasteiger partial charge < -0.3 is 5.11 Å². The van der Waals surface area contributed by atoms with E-state index >= 15 is 0 Å². The van der Waals surface area contributed by atoms with Gasteiger partial charge in [0.15, 0.2) is 5.78 Å². The smallest absolute Gasteiger partial charge is 0.336 e. The second-order valence-electron chi connectivity index (χ2n) is 3.17. The Labute approximate surface area is 103 Å². The Kier molecular flexibility index (Phi) is 4.38. The summed E-state index contributed by atoms with van der Waals surface area (Å²) in [7, 11) is 0. The standard InChI is InChI=1S/C11H11ClO3S/c1-6(12)9(13)7-4-3-5-8(11(14)15)10(7)16-2/h3-6H,1-2H3,(H,14,15). The maximum Gasteiger partial charge on any atom is 0.336 e. The van der Waals surface area contributed by atoms with Crippen molar-refractivity contribution in [1.82, 2.24) is 0 Å². The fraction of sp³-hybridized carbons (Fsp3) is 0.273. The molecule has 0 saturated carbocycles. The van der Waals surface area contributed by atoms with Gasteiger partial charge in [-0.1, -0.05) is 12.1 Å². The SMILES string of the molecule is CSc1c(C(=O)O)cccc1C(=O)C(C)Cl. The molecule has 1 aromatic rings. The van der Waals surface area contributed by atoms with Gasteiger partial charge in [-0.25, -0.2) is 4.79 Å². The quantitative estimate of drug-likeness (QED) is 0.513. The molecule has 1 unspecified atom stereocenters. The molecule has 0 aliphatic rings. The summed E-state index contributed by atoms with van der Waals surface area (Å²) in [6.45, 7) is 1.57. The molecule has 0 heterocycles. The van der Waals surface area contributed by atoms with Crippen LogP contribution in [0.3, 0.4) is 0 Å². The molecule has 0 aliphatic carbocycles. The van der Waals surface area contributed by atoms with E-state index in [1.165, 1.54) is 17.8 Å². The molecular weight excluding hydrogens is 248 g/mol. The topological polar surface area (TPSA) is 54.4 Å². The van der Waals surface area contributed by atoms with E-state index < -0.39 is 11.3 Å². The monoisotopic (exact) mass is 258 g/mol. The van der Waals surface area contributed by atoms with Crippen LogP contribution in [0.5, 0.6) is 0 Å². The number of Topliss-reactive ketones (excluding diaryl/α,β-unsaturated/α-hetero) is 1. The van der Waals surface area contributed by atoms with Crippen molar-refractivity contribution in [3.63, 3.8) is 0 Å². The number of aromatic carboxylic acids is 1. The van der Waals surface area contributed by atoms with Crippen molar-refractivity contribution < 1.29 is 14.7 Å². The molecule has 0 aromatic heterocycles. The number of halogens is 1. The van der Waals surface area contributed by atoms with Crippen LogP contribution in [-0.2, 0) is 0 Å². The molecule has 1 aromatic carbocycles. The predicted octanol–water partition coefficient (Wildman–Crippen LogP) is 2.92. The normalized spacial score (nSPS) is 12.2. The Hall–Kier alpha value is -1.00. The Morgan fingerprint density at radius 3 is 2.38 bits per heavy atom. The molecule has 0 saturated heterocycles. The zero-order valence-corrected chi connectivity index (χ0v) is 10.4. The fourth-order valence-corrected chi connectivity index (χ4v) is 2.22. The Morgan fingerprint density at radius 2 is 1.94 bits per heavy atom. The number of hydrogen-bond acceptors (Lipinski definition) is 3. The molecule has 1 rings (SSSR count). The number of benzene rings is 1. The molecule has 86 valence electrons. The van der Waals surface area contributed by atoms with E-state index in [-0.39, 0.29) is 11.3 Å². The van der Waals surface area contributed by atoms with E-state index in [1.54, 1.807) is 25.3 Å². The zero-order valence-electron chi connectivity index (χ0n) is 8.86. The van der Waals surface area contributed by atoms with E-state index in [0.717, 1.165) is 0 Å². The number of thioether (sulfide) groups is 1.